The summed E-state index contributed by atoms with van der Waals surface area (Å²) in [5.74, 6) is 0. The first-order chi connectivity index (χ1) is 12.3. The Morgan fingerprint density at radius 2 is 0.920 bits per heavy atom. The predicted molar refractivity (Wildman–Crippen MR) is 110 cm³/mol. The minimum absolute atomic E-state index is 1.15. The molecule has 0 amide bonds. The van der Waals surface area contributed by atoms with Gasteiger partial charge in [0, 0.05) is 0 Å². The SMILES string of the molecule is CCCc1ccc2cc3cc4cc5ccccc5cc4cc3cc2c1. The maximum absolute atomic E-state index is 2.35. The highest BCUT2D eigenvalue weighted by Crippen LogP contribution is 2.30. The number of hydrogen-bond acceptors (Lipinski definition) is 0. The summed E-state index contributed by atoms with van der Waals surface area (Å²) in [7, 11) is 0. The fourth-order valence-electron chi connectivity index (χ4n) is 3.94. The minimum Gasteiger partial charge on any atom is -0.0651 e. The highest BCUT2D eigenvalue weighted by molar-refractivity contribution is 6.08. The van der Waals surface area contributed by atoms with E-state index in [9.17, 15) is 0 Å². The van der Waals surface area contributed by atoms with Gasteiger partial charge in [-0.25, -0.2) is 0 Å². The van der Waals surface area contributed by atoms with Crippen LogP contribution in [0.5, 0.6) is 0 Å². The zero-order valence-corrected chi connectivity index (χ0v) is 14.4. The van der Waals surface area contributed by atoms with Crippen molar-refractivity contribution in [1.29, 1.82) is 0 Å². The third kappa shape index (κ3) is 2.46. The lowest BCUT2D eigenvalue weighted by Crippen LogP contribution is -1.84. The molecular weight excluding hydrogens is 300 g/mol. The molecule has 0 heterocycles. The molecule has 120 valence electrons. The molecule has 0 aliphatic rings. The fourth-order valence-corrected chi connectivity index (χ4v) is 3.94. The molecule has 0 aliphatic heterocycles. The Morgan fingerprint density at radius 3 is 1.44 bits per heavy atom. The maximum Gasteiger partial charge on any atom is -0.0171 e. The van der Waals surface area contributed by atoms with Crippen molar-refractivity contribution >= 4 is 43.1 Å². The fraction of sp³-hybridized carbons (Fsp3) is 0.120. The van der Waals surface area contributed by atoms with Crippen LogP contribution in [0.1, 0.15) is 18.9 Å². The van der Waals surface area contributed by atoms with Crippen LogP contribution >= 0.6 is 0 Å². The summed E-state index contributed by atoms with van der Waals surface area (Å²) in [5, 5.41) is 10.6. The molecule has 0 nitrogen and oxygen atoms in total. The zero-order valence-electron chi connectivity index (χ0n) is 14.4. The number of rotatable bonds is 2. The van der Waals surface area contributed by atoms with E-state index in [1.165, 1.54) is 55.1 Å². The molecule has 0 spiro atoms. The highest BCUT2D eigenvalue weighted by Gasteiger charge is 2.04. The molecule has 0 heteroatoms. The molecule has 0 unspecified atom stereocenters. The van der Waals surface area contributed by atoms with Gasteiger partial charge in [-0.1, -0.05) is 55.8 Å². The summed E-state index contributed by atoms with van der Waals surface area (Å²) in [6.45, 7) is 2.24. The monoisotopic (exact) mass is 320 g/mol. The van der Waals surface area contributed by atoms with Crippen molar-refractivity contribution in [2.45, 2.75) is 19.8 Å². The van der Waals surface area contributed by atoms with E-state index in [2.05, 4.69) is 85.8 Å². The molecule has 0 N–H and O–H groups in total. The van der Waals surface area contributed by atoms with Gasteiger partial charge >= 0.3 is 0 Å². The molecule has 0 saturated heterocycles. The lowest BCUT2D eigenvalue weighted by atomic mass is 9.96. The Bertz CT molecular complexity index is 1240. The standard InChI is InChI=1S/C25H20/c1-2-5-17-8-9-20-13-24-15-22-11-18-6-3-4-7-19(18)12-23(22)16-25(24)14-21(20)10-17/h3-4,6-16H,2,5H2,1H3. The van der Waals surface area contributed by atoms with Crippen LogP contribution in [-0.2, 0) is 6.42 Å². The van der Waals surface area contributed by atoms with E-state index in [4.69, 9.17) is 0 Å². The average Bonchev–Trinajstić information content (AvgIpc) is 2.63. The molecule has 5 rings (SSSR count). The van der Waals surface area contributed by atoms with E-state index in [1.54, 1.807) is 0 Å². The molecule has 0 aromatic heterocycles. The highest BCUT2D eigenvalue weighted by atomic mass is 14.1. The lowest BCUT2D eigenvalue weighted by Gasteiger charge is -2.08. The number of benzene rings is 5. The Morgan fingerprint density at radius 1 is 0.480 bits per heavy atom. The molecular formula is C25H20. The Labute approximate surface area is 147 Å². The van der Waals surface area contributed by atoms with Crippen LogP contribution < -0.4 is 0 Å². The molecule has 0 bridgehead atoms. The third-order valence-corrected chi connectivity index (χ3v) is 5.22. The van der Waals surface area contributed by atoms with Crippen LogP contribution in [-0.4, -0.2) is 0 Å². The Hall–Kier alpha value is -2.86. The first-order valence-electron chi connectivity index (χ1n) is 9.09. The Balaban J connectivity index is 1.80. The van der Waals surface area contributed by atoms with Gasteiger partial charge in [-0.3, -0.25) is 0 Å². The van der Waals surface area contributed by atoms with Gasteiger partial charge in [0.1, 0.15) is 0 Å². The van der Waals surface area contributed by atoms with Gasteiger partial charge in [-0.05, 0) is 91.5 Å². The topological polar surface area (TPSA) is 0 Å². The normalized spacial score (nSPS) is 11.7. The van der Waals surface area contributed by atoms with E-state index in [0.717, 1.165) is 6.42 Å². The summed E-state index contributed by atoms with van der Waals surface area (Å²) in [6.07, 6.45) is 2.34. The second-order valence-electron chi connectivity index (χ2n) is 7.03. The van der Waals surface area contributed by atoms with Crippen molar-refractivity contribution in [1.82, 2.24) is 0 Å². The second kappa shape index (κ2) is 5.60. The van der Waals surface area contributed by atoms with Crippen LogP contribution in [0, 0.1) is 0 Å². The van der Waals surface area contributed by atoms with Gasteiger partial charge in [0.25, 0.3) is 0 Å². The molecule has 0 radical (unpaired) electrons. The largest absolute Gasteiger partial charge is 0.0651 e. The average molecular weight is 320 g/mol. The van der Waals surface area contributed by atoms with E-state index < -0.39 is 0 Å². The van der Waals surface area contributed by atoms with Crippen molar-refractivity contribution in [2.24, 2.45) is 0 Å². The summed E-state index contributed by atoms with van der Waals surface area (Å²) in [6, 6.07) is 29.4. The van der Waals surface area contributed by atoms with Crippen LogP contribution in [0.25, 0.3) is 43.1 Å². The van der Waals surface area contributed by atoms with Gasteiger partial charge in [-0.2, -0.15) is 0 Å². The summed E-state index contributed by atoms with van der Waals surface area (Å²) < 4.78 is 0. The van der Waals surface area contributed by atoms with Crippen LogP contribution in [0.15, 0.2) is 78.9 Å². The maximum atomic E-state index is 2.35. The summed E-state index contributed by atoms with van der Waals surface area (Å²) in [4.78, 5) is 0. The molecule has 5 aromatic carbocycles. The first-order valence-corrected chi connectivity index (χ1v) is 9.09. The van der Waals surface area contributed by atoms with E-state index >= 15 is 0 Å². The van der Waals surface area contributed by atoms with Crippen molar-refractivity contribution in [3.8, 4) is 0 Å². The first kappa shape index (κ1) is 14.5. The van der Waals surface area contributed by atoms with Gasteiger partial charge < -0.3 is 0 Å². The van der Waals surface area contributed by atoms with Crippen molar-refractivity contribution in [2.75, 3.05) is 0 Å². The number of hydrogen-bond donors (Lipinski definition) is 0. The van der Waals surface area contributed by atoms with Crippen molar-refractivity contribution in [3.05, 3.63) is 84.4 Å². The Kier molecular flexibility index (Phi) is 3.24. The summed E-state index contributed by atoms with van der Waals surface area (Å²) in [5.41, 5.74) is 1.43. The molecule has 0 saturated carbocycles. The van der Waals surface area contributed by atoms with E-state index in [1.807, 2.05) is 0 Å². The van der Waals surface area contributed by atoms with Crippen LogP contribution in [0.4, 0.5) is 0 Å². The molecule has 0 atom stereocenters. The van der Waals surface area contributed by atoms with Crippen molar-refractivity contribution < 1.29 is 0 Å². The summed E-state index contributed by atoms with van der Waals surface area (Å²) >= 11 is 0. The van der Waals surface area contributed by atoms with Crippen LogP contribution in [0.3, 0.4) is 0 Å². The van der Waals surface area contributed by atoms with E-state index in [0.29, 0.717) is 0 Å². The van der Waals surface area contributed by atoms with Gasteiger partial charge in [0.05, 0.1) is 0 Å². The number of fused-ring (bicyclic) bond motifs is 4. The van der Waals surface area contributed by atoms with Gasteiger partial charge in [-0.15, -0.1) is 0 Å². The molecule has 0 aliphatic carbocycles. The minimum atomic E-state index is 1.15. The van der Waals surface area contributed by atoms with Crippen LogP contribution in [0.2, 0.25) is 0 Å². The second-order valence-corrected chi connectivity index (χ2v) is 7.03. The van der Waals surface area contributed by atoms with Gasteiger partial charge in [0.2, 0.25) is 0 Å². The number of aryl methyl sites for hydroxylation is 1. The third-order valence-electron chi connectivity index (χ3n) is 5.22. The lowest BCUT2D eigenvalue weighted by molar-refractivity contribution is 0.924. The molecule has 0 fully saturated rings. The predicted octanol–water partition coefficient (Wildman–Crippen LogP) is 7.25. The van der Waals surface area contributed by atoms with E-state index in [-0.39, 0.29) is 0 Å². The van der Waals surface area contributed by atoms with Crippen molar-refractivity contribution in [3.63, 3.8) is 0 Å². The van der Waals surface area contributed by atoms with Gasteiger partial charge in [0.15, 0.2) is 0 Å². The quantitative estimate of drug-likeness (QED) is 0.300. The smallest absolute Gasteiger partial charge is 0.0171 e. The molecule has 5 aromatic rings. The zero-order chi connectivity index (χ0) is 16.8. The molecule has 25 heavy (non-hydrogen) atoms.